The van der Waals surface area contributed by atoms with Gasteiger partial charge in [0, 0.05) is 14.3 Å². The third kappa shape index (κ3) is 2.26. The maximum atomic E-state index is 11.7. The molecule has 2 aliphatic rings. The lowest BCUT2D eigenvalue weighted by molar-refractivity contribution is -0.128. The minimum Gasteiger partial charge on any atom is -0.394 e. The molecule has 2 rings (SSSR count). The van der Waals surface area contributed by atoms with Gasteiger partial charge in [0.25, 0.3) is 0 Å². The van der Waals surface area contributed by atoms with Gasteiger partial charge in [-0.3, -0.25) is 15.0 Å². The number of urea groups is 1. The van der Waals surface area contributed by atoms with Gasteiger partial charge in [0.2, 0.25) is 5.91 Å². The van der Waals surface area contributed by atoms with Crippen molar-refractivity contribution in [1.82, 2.24) is 10.2 Å². The minimum atomic E-state index is -1.44. The molecule has 1 unspecified atom stereocenters. The van der Waals surface area contributed by atoms with Gasteiger partial charge in [0.1, 0.15) is 12.3 Å². The van der Waals surface area contributed by atoms with E-state index in [1.54, 1.807) is 0 Å². The number of imide groups is 1. The van der Waals surface area contributed by atoms with E-state index in [4.69, 9.17) is 11.2 Å². The van der Waals surface area contributed by atoms with Crippen LogP contribution >= 0.6 is 0 Å². The Morgan fingerprint density at radius 3 is 2.94 bits per heavy atom. The molecule has 17 heavy (non-hydrogen) atoms. The second-order valence-electron chi connectivity index (χ2n) is 4.28. The average molecular weight is 246 g/mol. The molecule has 7 heteroatoms. The second-order valence-corrected chi connectivity index (χ2v) is 4.28. The summed E-state index contributed by atoms with van der Waals surface area (Å²) in [5.41, 5.74) is 0. The van der Waals surface area contributed by atoms with E-state index in [9.17, 15) is 14.7 Å². The highest BCUT2D eigenvalue weighted by atomic mass is 16.5. The number of carbonyl (C=O) groups is 2. The van der Waals surface area contributed by atoms with Gasteiger partial charge in [-0.2, -0.15) is 0 Å². The molecule has 0 saturated carbocycles. The quantitative estimate of drug-likeness (QED) is 0.559. The van der Waals surface area contributed by atoms with Gasteiger partial charge in [0.15, 0.2) is 0 Å². The number of aliphatic hydroxyl groups excluding tert-OH is 2. The van der Waals surface area contributed by atoms with Crippen LogP contribution in [0.15, 0.2) is 0 Å². The van der Waals surface area contributed by atoms with Gasteiger partial charge < -0.3 is 14.9 Å². The number of rotatable bonds is 2. The largest absolute Gasteiger partial charge is 0.394 e. The van der Waals surface area contributed by atoms with Gasteiger partial charge in [0.05, 0.1) is 18.6 Å². The van der Waals surface area contributed by atoms with Crippen LogP contribution in [0.25, 0.3) is 0 Å². The number of nitrogens with one attached hydrogen (secondary N) is 1. The SMILES string of the molecule is [3H]C1(C)CN([C@H]2C[C@H](O)[C@@H](CO)O2)C(=O)NC1=O. The summed E-state index contributed by atoms with van der Waals surface area (Å²) in [6.45, 7) is 0.952. The fourth-order valence-electron chi connectivity index (χ4n) is 1.98. The van der Waals surface area contributed by atoms with E-state index in [0.717, 1.165) is 0 Å². The molecule has 3 amide bonds. The zero-order chi connectivity index (χ0) is 13.5. The number of ether oxygens (including phenoxy) is 1. The van der Waals surface area contributed by atoms with Gasteiger partial charge in [-0.25, -0.2) is 4.79 Å². The van der Waals surface area contributed by atoms with Crippen molar-refractivity contribution in [3.05, 3.63) is 0 Å². The molecule has 2 saturated heterocycles. The number of nitrogens with zero attached hydrogens (tertiary/aromatic N) is 1. The van der Waals surface area contributed by atoms with E-state index in [1.807, 2.05) is 0 Å². The number of carbonyl (C=O) groups excluding carboxylic acids is 2. The van der Waals surface area contributed by atoms with Crippen LogP contribution in [0.2, 0.25) is 0 Å². The first-order chi connectivity index (χ1) is 8.35. The fourth-order valence-corrected chi connectivity index (χ4v) is 1.98. The first-order valence-corrected chi connectivity index (χ1v) is 5.41. The predicted molar refractivity (Wildman–Crippen MR) is 55.8 cm³/mol. The number of amides is 3. The zero-order valence-electron chi connectivity index (χ0n) is 10.4. The van der Waals surface area contributed by atoms with Gasteiger partial charge in [-0.1, -0.05) is 6.92 Å². The van der Waals surface area contributed by atoms with Crippen molar-refractivity contribution in [2.24, 2.45) is 5.89 Å². The molecular formula is C10H16N2O5. The average Bonchev–Trinajstić information content (AvgIpc) is 2.65. The number of hydrogen-bond acceptors (Lipinski definition) is 5. The molecule has 4 atom stereocenters. The first-order valence-electron chi connectivity index (χ1n) is 5.91. The van der Waals surface area contributed by atoms with Crippen molar-refractivity contribution >= 4 is 11.9 Å². The second kappa shape index (κ2) is 4.59. The lowest BCUT2D eigenvalue weighted by atomic mass is 10.1. The summed E-state index contributed by atoms with van der Waals surface area (Å²) in [6.07, 6.45) is -2.17. The Balaban J connectivity index is 2.10. The minimum absolute atomic E-state index is 0.104. The Morgan fingerprint density at radius 2 is 2.35 bits per heavy atom. The molecule has 2 heterocycles. The molecule has 0 aromatic carbocycles. The van der Waals surface area contributed by atoms with Crippen molar-refractivity contribution in [2.75, 3.05) is 13.2 Å². The van der Waals surface area contributed by atoms with E-state index >= 15 is 0 Å². The molecule has 7 nitrogen and oxygen atoms in total. The maximum absolute atomic E-state index is 11.7. The first kappa shape index (κ1) is 10.9. The fraction of sp³-hybridized carbons (Fsp3) is 0.800. The van der Waals surface area contributed by atoms with Crippen molar-refractivity contribution in [3.8, 4) is 0 Å². The molecular weight excluding hydrogens is 228 g/mol. The summed E-state index contributed by atoms with van der Waals surface area (Å²) in [7, 11) is 0. The van der Waals surface area contributed by atoms with Crippen LogP contribution < -0.4 is 5.32 Å². The van der Waals surface area contributed by atoms with E-state index in [1.165, 1.54) is 11.8 Å². The third-order valence-corrected chi connectivity index (χ3v) is 3.01. The van der Waals surface area contributed by atoms with E-state index in [-0.39, 0.29) is 19.6 Å². The number of hydrogen-bond donors (Lipinski definition) is 3. The summed E-state index contributed by atoms with van der Waals surface area (Å²) in [6, 6.07) is -0.638. The molecule has 0 aromatic rings. The summed E-state index contributed by atoms with van der Waals surface area (Å²) >= 11 is 0. The van der Waals surface area contributed by atoms with Crippen molar-refractivity contribution in [3.63, 3.8) is 0 Å². The standard InChI is InChI=1S/C10H16N2O5/c1-5-3-12(10(16)11-9(5)15)8-2-6(14)7(4-13)17-8/h5-8,13-14H,2-4H2,1H3,(H,11,15,16)/t5?,6-,7+,8+/m0/s1/i5T. The topological polar surface area (TPSA) is 99.1 Å². The van der Waals surface area contributed by atoms with Crippen LogP contribution in [0.1, 0.15) is 14.7 Å². The zero-order valence-corrected chi connectivity index (χ0v) is 9.42. The Bertz CT molecular complexity index is 375. The highest BCUT2D eigenvalue weighted by molar-refractivity contribution is 5.97. The Hall–Kier alpha value is -1.18. The molecule has 0 aliphatic carbocycles. The molecule has 3 N–H and O–H groups in total. The Labute approximate surface area is 99.8 Å². The van der Waals surface area contributed by atoms with Crippen molar-refractivity contribution in [1.29, 1.82) is 0 Å². The van der Waals surface area contributed by atoms with Crippen molar-refractivity contribution < 1.29 is 25.9 Å². The summed E-state index contributed by atoms with van der Waals surface area (Å²) < 4.78 is 13.1. The van der Waals surface area contributed by atoms with Gasteiger partial charge in [-0.15, -0.1) is 0 Å². The molecule has 2 fully saturated rings. The molecule has 0 bridgehead atoms. The highest BCUT2D eigenvalue weighted by Crippen LogP contribution is 2.25. The normalized spacial score (nSPS) is 43.6. The van der Waals surface area contributed by atoms with Crippen LogP contribution in [-0.4, -0.2) is 58.6 Å². The summed E-state index contributed by atoms with van der Waals surface area (Å²) in [5, 5.41) is 20.6. The van der Waals surface area contributed by atoms with E-state index in [0.29, 0.717) is 0 Å². The Morgan fingerprint density at radius 1 is 1.65 bits per heavy atom. The smallest absolute Gasteiger partial charge is 0.326 e. The monoisotopic (exact) mass is 246 g/mol. The van der Waals surface area contributed by atoms with Gasteiger partial charge >= 0.3 is 6.03 Å². The molecule has 0 radical (unpaired) electrons. The predicted octanol–water partition coefficient (Wildman–Crippen LogP) is -1.36. The molecule has 96 valence electrons. The lowest BCUT2D eigenvalue weighted by Gasteiger charge is -2.34. The third-order valence-electron chi connectivity index (χ3n) is 3.01. The lowest BCUT2D eigenvalue weighted by Crippen LogP contribution is -2.57. The summed E-state index contributed by atoms with van der Waals surface area (Å²) in [5.74, 6) is -2.10. The summed E-state index contributed by atoms with van der Waals surface area (Å²) in [4.78, 5) is 24.3. The van der Waals surface area contributed by atoms with Crippen molar-refractivity contribution in [2.45, 2.75) is 31.8 Å². The van der Waals surface area contributed by atoms with Crippen LogP contribution in [0.4, 0.5) is 4.79 Å². The van der Waals surface area contributed by atoms with Gasteiger partial charge in [-0.05, 0) is 0 Å². The molecule has 0 spiro atoms. The maximum Gasteiger partial charge on any atom is 0.326 e. The molecule has 0 aromatic heterocycles. The number of aliphatic hydroxyl groups is 2. The van der Waals surface area contributed by atoms with Crippen LogP contribution in [0.3, 0.4) is 0 Å². The van der Waals surface area contributed by atoms with Crippen LogP contribution in [0, 0.1) is 5.89 Å². The molecule has 2 aliphatic heterocycles. The van der Waals surface area contributed by atoms with Crippen LogP contribution in [0.5, 0.6) is 0 Å². The Kier molecular flexibility index (Phi) is 2.96. The van der Waals surface area contributed by atoms with E-state index < -0.39 is 36.3 Å². The van der Waals surface area contributed by atoms with E-state index in [2.05, 4.69) is 5.32 Å². The van der Waals surface area contributed by atoms with Crippen LogP contribution in [-0.2, 0) is 9.53 Å². The highest BCUT2D eigenvalue weighted by Gasteiger charge is 2.41.